The first-order valence-corrected chi connectivity index (χ1v) is 18.1. The Bertz CT molecular complexity index is 2910. The van der Waals surface area contributed by atoms with Crippen LogP contribution in [0.4, 0.5) is 0 Å². The Hall–Kier alpha value is -6.70. The molecule has 0 aliphatic heterocycles. The van der Waals surface area contributed by atoms with Crippen molar-refractivity contribution >= 4 is 43.4 Å². The van der Waals surface area contributed by atoms with E-state index in [0.717, 1.165) is 5.52 Å². The van der Waals surface area contributed by atoms with E-state index in [-0.39, 0.29) is 0 Å². The maximum absolute atomic E-state index is 3.62. The molecule has 0 spiro atoms. The molecule has 1 N–H and O–H groups in total. The number of aromatic amines is 1. The normalized spacial score (nSPS) is 13.2. The van der Waals surface area contributed by atoms with Gasteiger partial charge in [0.25, 0.3) is 0 Å². The molecule has 1 nitrogen and oxygen atoms in total. The summed E-state index contributed by atoms with van der Waals surface area (Å²) in [6.45, 7) is 0. The zero-order valence-corrected chi connectivity index (χ0v) is 28.5. The third-order valence-electron chi connectivity index (χ3n) is 11.5. The van der Waals surface area contributed by atoms with Crippen LogP contribution in [0.2, 0.25) is 0 Å². The van der Waals surface area contributed by atoms with Gasteiger partial charge in [-0.1, -0.05) is 170 Å². The van der Waals surface area contributed by atoms with Crippen LogP contribution in [0.5, 0.6) is 0 Å². The third kappa shape index (κ3) is 3.99. The largest absolute Gasteiger partial charge is 0.355 e. The Morgan fingerprint density at radius 3 is 1.40 bits per heavy atom. The molecule has 0 fully saturated rings. The highest BCUT2D eigenvalue weighted by molar-refractivity contribution is 6.22. The molecule has 9 aromatic carbocycles. The summed E-state index contributed by atoms with van der Waals surface area (Å²) in [5, 5.41) is 7.55. The van der Waals surface area contributed by atoms with Gasteiger partial charge in [-0.05, 0) is 101 Å². The number of aromatic nitrogens is 1. The number of rotatable bonds is 4. The highest BCUT2D eigenvalue weighted by atomic mass is 14.7. The number of H-pyrrole nitrogens is 1. The van der Waals surface area contributed by atoms with Crippen molar-refractivity contribution in [2.24, 2.45) is 0 Å². The van der Waals surface area contributed by atoms with Crippen molar-refractivity contribution < 1.29 is 0 Å². The van der Waals surface area contributed by atoms with Crippen molar-refractivity contribution in [3.05, 3.63) is 216 Å². The maximum atomic E-state index is 3.62. The van der Waals surface area contributed by atoms with E-state index in [9.17, 15) is 0 Å². The molecule has 10 aromatic rings. The zero-order valence-electron chi connectivity index (χ0n) is 28.5. The van der Waals surface area contributed by atoms with E-state index in [0.29, 0.717) is 0 Å². The van der Waals surface area contributed by atoms with E-state index in [1.165, 1.54) is 93.5 Å². The van der Waals surface area contributed by atoms with E-state index < -0.39 is 5.41 Å². The van der Waals surface area contributed by atoms with E-state index in [2.05, 4.69) is 199 Å². The molecule has 0 bridgehead atoms. The van der Waals surface area contributed by atoms with E-state index in [1.807, 2.05) is 0 Å². The fraction of sp³-hybridized carbons (Fsp3) is 0.0196. The number of hydrogen-bond acceptors (Lipinski definition) is 0. The van der Waals surface area contributed by atoms with Gasteiger partial charge in [0.1, 0.15) is 0 Å². The van der Waals surface area contributed by atoms with Crippen LogP contribution in [-0.4, -0.2) is 4.98 Å². The second-order valence-electron chi connectivity index (χ2n) is 14.1. The van der Waals surface area contributed by atoms with Gasteiger partial charge < -0.3 is 4.98 Å². The van der Waals surface area contributed by atoms with Gasteiger partial charge in [-0.3, -0.25) is 0 Å². The molecule has 11 rings (SSSR count). The van der Waals surface area contributed by atoms with Crippen molar-refractivity contribution in [1.29, 1.82) is 0 Å². The molecule has 242 valence electrons. The molecule has 1 heterocycles. The first kappa shape index (κ1) is 29.1. The summed E-state index contributed by atoms with van der Waals surface area (Å²) in [6.07, 6.45) is 0. The SMILES string of the molecule is c1ccc(C2(c3ccccc3)c3ccccc3-c3ccc(-c4c5ccccc5c(-c5ccc6[nH]c7ccccc7c6c5)c5ccccc45)cc32)cc1. The maximum Gasteiger partial charge on any atom is 0.0713 e. The number of nitrogens with one attached hydrogen (secondary N) is 1. The minimum absolute atomic E-state index is 0.454. The summed E-state index contributed by atoms with van der Waals surface area (Å²) in [6, 6.07) is 71.9. The highest BCUT2D eigenvalue weighted by Crippen LogP contribution is 2.57. The first-order chi connectivity index (χ1) is 25.8. The summed E-state index contributed by atoms with van der Waals surface area (Å²) >= 11 is 0. The van der Waals surface area contributed by atoms with Crippen LogP contribution < -0.4 is 0 Å². The average Bonchev–Trinajstić information content (AvgIpc) is 3.73. The van der Waals surface area contributed by atoms with Crippen molar-refractivity contribution in [2.75, 3.05) is 0 Å². The van der Waals surface area contributed by atoms with Gasteiger partial charge in [-0.25, -0.2) is 0 Å². The van der Waals surface area contributed by atoms with Gasteiger partial charge in [-0.15, -0.1) is 0 Å². The van der Waals surface area contributed by atoms with Gasteiger partial charge in [0.15, 0.2) is 0 Å². The van der Waals surface area contributed by atoms with E-state index in [1.54, 1.807) is 0 Å². The number of fused-ring (bicyclic) bond motifs is 8. The summed E-state index contributed by atoms with van der Waals surface area (Å²) in [4.78, 5) is 3.62. The Labute approximate surface area is 302 Å². The molecule has 0 saturated carbocycles. The first-order valence-electron chi connectivity index (χ1n) is 18.1. The Balaban J connectivity index is 1.22. The molecule has 0 atom stereocenters. The van der Waals surface area contributed by atoms with E-state index >= 15 is 0 Å². The molecule has 0 saturated heterocycles. The van der Waals surface area contributed by atoms with Crippen LogP contribution in [0.15, 0.2) is 194 Å². The van der Waals surface area contributed by atoms with E-state index in [4.69, 9.17) is 0 Å². The molecule has 1 aromatic heterocycles. The Morgan fingerprint density at radius 2 is 0.769 bits per heavy atom. The fourth-order valence-electron chi connectivity index (χ4n) is 9.35. The standard InChI is InChI=1S/C51H33N/c1-3-15-35(16-4-1)51(36-17-5-2-6-18-36)45-25-13-11-19-37(45)38-29-27-34(32-46(38)51)50-42-23-9-7-21-40(42)49(41-22-8-10-24-43(41)50)33-28-30-48-44(31-33)39-20-12-14-26-47(39)52-48/h1-32,52H. The summed E-state index contributed by atoms with van der Waals surface area (Å²) < 4.78 is 0. The van der Waals surface area contributed by atoms with Crippen LogP contribution in [0.25, 0.3) is 76.7 Å². The lowest BCUT2D eigenvalue weighted by Crippen LogP contribution is -2.28. The second-order valence-corrected chi connectivity index (χ2v) is 14.1. The lowest BCUT2D eigenvalue weighted by atomic mass is 9.67. The van der Waals surface area contributed by atoms with Crippen LogP contribution >= 0.6 is 0 Å². The fourth-order valence-corrected chi connectivity index (χ4v) is 9.35. The summed E-state index contributed by atoms with van der Waals surface area (Å²) in [7, 11) is 0. The zero-order chi connectivity index (χ0) is 34.2. The van der Waals surface area contributed by atoms with Gasteiger partial charge >= 0.3 is 0 Å². The molecular weight excluding hydrogens is 627 g/mol. The predicted molar refractivity (Wildman–Crippen MR) is 219 cm³/mol. The van der Waals surface area contributed by atoms with Gasteiger partial charge in [0, 0.05) is 21.8 Å². The van der Waals surface area contributed by atoms with Crippen molar-refractivity contribution in [1.82, 2.24) is 4.98 Å². The van der Waals surface area contributed by atoms with Crippen molar-refractivity contribution in [3.63, 3.8) is 0 Å². The molecular formula is C51H33N. The molecule has 1 aliphatic carbocycles. The van der Waals surface area contributed by atoms with Gasteiger partial charge in [-0.2, -0.15) is 0 Å². The Morgan fingerprint density at radius 1 is 0.308 bits per heavy atom. The molecule has 0 amide bonds. The van der Waals surface area contributed by atoms with Gasteiger partial charge in [0.2, 0.25) is 0 Å². The lowest BCUT2D eigenvalue weighted by Gasteiger charge is -2.34. The molecule has 0 radical (unpaired) electrons. The predicted octanol–water partition coefficient (Wildman–Crippen LogP) is 13.3. The Kier molecular flexibility index (Phi) is 6.23. The number of hydrogen-bond donors (Lipinski definition) is 1. The minimum atomic E-state index is -0.454. The average molecular weight is 660 g/mol. The number of benzene rings is 9. The summed E-state index contributed by atoms with van der Waals surface area (Å²) in [5.41, 5.74) is 14.7. The molecule has 0 unspecified atom stereocenters. The third-order valence-corrected chi connectivity index (χ3v) is 11.5. The topological polar surface area (TPSA) is 15.8 Å². The monoisotopic (exact) mass is 659 g/mol. The summed E-state index contributed by atoms with van der Waals surface area (Å²) in [5.74, 6) is 0. The number of para-hydroxylation sites is 1. The van der Waals surface area contributed by atoms with Crippen LogP contribution in [-0.2, 0) is 5.41 Å². The van der Waals surface area contributed by atoms with Crippen LogP contribution in [0.1, 0.15) is 22.3 Å². The van der Waals surface area contributed by atoms with Crippen molar-refractivity contribution in [3.8, 4) is 33.4 Å². The molecule has 52 heavy (non-hydrogen) atoms. The second kappa shape index (κ2) is 11.2. The highest BCUT2D eigenvalue weighted by Gasteiger charge is 2.46. The molecule has 1 heteroatoms. The van der Waals surface area contributed by atoms with Gasteiger partial charge in [0.05, 0.1) is 5.41 Å². The quantitative estimate of drug-likeness (QED) is 0.181. The smallest absolute Gasteiger partial charge is 0.0713 e. The van der Waals surface area contributed by atoms with Crippen LogP contribution in [0.3, 0.4) is 0 Å². The minimum Gasteiger partial charge on any atom is -0.355 e. The van der Waals surface area contributed by atoms with Crippen LogP contribution in [0, 0.1) is 0 Å². The van der Waals surface area contributed by atoms with Crippen molar-refractivity contribution in [2.45, 2.75) is 5.41 Å². The lowest BCUT2D eigenvalue weighted by molar-refractivity contribution is 0.769. The molecule has 1 aliphatic rings.